The number of fused-ring (bicyclic) bond motifs is 2. The van der Waals surface area contributed by atoms with Crippen molar-refractivity contribution in [3.05, 3.63) is 137 Å². The van der Waals surface area contributed by atoms with Crippen LogP contribution >= 0.6 is 0 Å². The Morgan fingerprint density at radius 1 is 0.848 bits per heavy atom. The Balaban J connectivity index is 1.18. The zero-order valence-electron chi connectivity index (χ0n) is 18.7. The van der Waals surface area contributed by atoms with Crippen molar-refractivity contribution in [2.75, 3.05) is 0 Å². The van der Waals surface area contributed by atoms with E-state index in [9.17, 15) is 9.90 Å². The first-order valence-corrected chi connectivity index (χ1v) is 11.6. The summed E-state index contributed by atoms with van der Waals surface area (Å²) in [5.74, 6) is 1.00. The first kappa shape index (κ1) is 21.2. The van der Waals surface area contributed by atoms with Gasteiger partial charge in [-0.2, -0.15) is 0 Å². The van der Waals surface area contributed by atoms with Gasteiger partial charge in [-0.15, -0.1) is 0 Å². The first-order chi connectivity index (χ1) is 16.0. The Morgan fingerprint density at radius 2 is 1.67 bits per heavy atom. The van der Waals surface area contributed by atoms with Crippen molar-refractivity contribution in [1.82, 2.24) is 0 Å². The zero-order valence-corrected chi connectivity index (χ0v) is 18.7. The molecular weight excluding hydrogens is 404 g/mol. The van der Waals surface area contributed by atoms with Crippen LogP contribution in [0.4, 0.5) is 0 Å². The average molecular weight is 433 g/mol. The molecule has 5 rings (SSSR count). The van der Waals surface area contributed by atoms with Gasteiger partial charge in [-0.05, 0) is 65.8 Å². The molecule has 164 valence electrons. The molecule has 0 saturated heterocycles. The van der Waals surface area contributed by atoms with Crippen molar-refractivity contribution in [3.63, 3.8) is 0 Å². The lowest BCUT2D eigenvalue weighted by Gasteiger charge is -2.22. The third-order valence-corrected chi connectivity index (χ3v) is 6.74. The molecule has 0 heterocycles. The molecule has 2 nitrogen and oxygen atoms in total. The molecule has 4 aliphatic rings. The number of carbonyl (C=O) groups is 1. The fourth-order valence-corrected chi connectivity index (χ4v) is 4.86. The van der Waals surface area contributed by atoms with Crippen molar-refractivity contribution >= 4 is 5.78 Å². The van der Waals surface area contributed by atoms with Gasteiger partial charge in [0.1, 0.15) is 5.75 Å². The topological polar surface area (TPSA) is 37.3 Å². The minimum absolute atomic E-state index is 0.180. The number of hydrogen-bond donors (Lipinski definition) is 1. The number of aryl methyl sites for hydroxylation is 1. The number of carbonyl (C=O) groups excluding carboxylic acids is 1. The van der Waals surface area contributed by atoms with E-state index in [1.807, 2.05) is 36.4 Å². The highest BCUT2D eigenvalue weighted by molar-refractivity contribution is 5.99. The molecule has 4 aliphatic carbocycles. The number of rotatable bonds is 7. The normalized spacial score (nSPS) is 22.7. The first-order valence-electron chi connectivity index (χ1n) is 11.6. The molecule has 0 saturated carbocycles. The monoisotopic (exact) mass is 432 g/mol. The van der Waals surface area contributed by atoms with Gasteiger partial charge in [0.25, 0.3) is 0 Å². The van der Waals surface area contributed by atoms with Crippen molar-refractivity contribution in [2.24, 2.45) is 11.8 Å². The maximum absolute atomic E-state index is 12.9. The van der Waals surface area contributed by atoms with Gasteiger partial charge in [0, 0.05) is 23.8 Å². The molecule has 1 N–H and O–H groups in total. The van der Waals surface area contributed by atoms with Gasteiger partial charge >= 0.3 is 0 Å². The van der Waals surface area contributed by atoms with Gasteiger partial charge in [-0.1, -0.05) is 84.5 Å². The summed E-state index contributed by atoms with van der Waals surface area (Å²) in [4.78, 5) is 12.9. The molecule has 0 spiro atoms. The number of hydrogen-bond acceptors (Lipinski definition) is 2. The van der Waals surface area contributed by atoms with Crippen molar-refractivity contribution in [2.45, 2.75) is 25.7 Å². The number of benzene rings is 1. The summed E-state index contributed by atoms with van der Waals surface area (Å²) in [5, 5.41) is 9.44. The van der Waals surface area contributed by atoms with E-state index in [1.54, 1.807) is 12.1 Å². The van der Waals surface area contributed by atoms with E-state index >= 15 is 0 Å². The van der Waals surface area contributed by atoms with Gasteiger partial charge in [0.05, 0.1) is 0 Å². The van der Waals surface area contributed by atoms with Crippen molar-refractivity contribution in [1.29, 1.82) is 0 Å². The standard InChI is InChI=1S/C31H28O2/c1-21-16-28(20-26-4-2-3-5-30(21)26)31(33)15-11-24-18-25-12-8-23(17-27(25)19-24)7-6-22-9-13-29(32)14-10-22/h2-5,8-10,12-14,16-20,27,30,32H,1,6-7,11,15H2. The van der Waals surface area contributed by atoms with E-state index in [0.717, 1.165) is 36.0 Å². The van der Waals surface area contributed by atoms with Crippen LogP contribution in [0.1, 0.15) is 24.8 Å². The summed E-state index contributed by atoms with van der Waals surface area (Å²) < 4.78 is 0. The maximum Gasteiger partial charge on any atom is 0.163 e. The van der Waals surface area contributed by atoms with E-state index in [-0.39, 0.29) is 11.7 Å². The van der Waals surface area contributed by atoms with Crippen LogP contribution in [0.3, 0.4) is 0 Å². The fourth-order valence-electron chi connectivity index (χ4n) is 4.86. The predicted octanol–water partition coefficient (Wildman–Crippen LogP) is 6.82. The summed E-state index contributed by atoms with van der Waals surface area (Å²) >= 11 is 0. The summed E-state index contributed by atoms with van der Waals surface area (Å²) in [5.41, 5.74) is 8.01. The molecule has 0 amide bonds. The number of ketones is 1. The summed E-state index contributed by atoms with van der Waals surface area (Å²) in [6.07, 6.45) is 26.7. The van der Waals surface area contributed by atoms with E-state index in [0.29, 0.717) is 18.1 Å². The van der Waals surface area contributed by atoms with Gasteiger partial charge in [-0.25, -0.2) is 0 Å². The molecule has 33 heavy (non-hydrogen) atoms. The Hall–Kier alpha value is -3.65. The Labute approximate surface area is 195 Å². The van der Waals surface area contributed by atoms with Crippen LogP contribution in [0, 0.1) is 11.8 Å². The number of Topliss-reactive ketones (excluding diaryl/α,β-unsaturated/α-hetero) is 1. The van der Waals surface area contributed by atoms with Crippen LogP contribution in [0.5, 0.6) is 5.75 Å². The van der Waals surface area contributed by atoms with Crippen LogP contribution in [-0.4, -0.2) is 10.9 Å². The highest BCUT2D eigenvalue weighted by atomic mass is 16.3. The van der Waals surface area contributed by atoms with Gasteiger partial charge < -0.3 is 5.11 Å². The molecule has 0 radical (unpaired) electrons. The zero-order chi connectivity index (χ0) is 22.8. The van der Waals surface area contributed by atoms with Crippen LogP contribution in [0.15, 0.2) is 131 Å². The van der Waals surface area contributed by atoms with E-state index < -0.39 is 0 Å². The quantitative estimate of drug-likeness (QED) is 0.513. The van der Waals surface area contributed by atoms with Gasteiger partial charge in [0.2, 0.25) is 0 Å². The molecule has 1 aromatic carbocycles. The average Bonchev–Trinajstić information content (AvgIpc) is 3.24. The summed E-state index contributed by atoms with van der Waals surface area (Å²) in [6.45, 7) is 4.16. The maximum atomic E-state index is 12.9. The SMILES string of the molecule is C=C1C=C(C(=O)CCC2=CC3C=C(CCc4ccc(O)cc4)C=CC3=C2)C=C2C=CC=CC12. The number of allylic oxidation sites excluding steroid dienone is 17. The molecule has 0 aliphatic heterocycles. The van der Waals surface area contributed by atoms with Crippen molar-refractivity contribution < 1.29 is 9.90 Å². The van der Waals surface area contributed by atoms with Crippen LogP contribution in [-0.2, 0) is 11.2 Å². The van der Waals surface area contributed by atoms with Gasteiger partial charge in [0.15, 0.2) is 5.78 Å². The van der Waals surface area contributed by atoms with Crippen molar-refractivity contribution in [3.8, 4) is 5.75 Å². The third kappa shape index (κ3) is 4.75. The molecule has 0 aromatic heterocycles. The number of phenols is 1. The highest BCUT2D eigenvalue weighted by Crippen LogP contribution is 2.35. The molecule has 1 aromatic rings. The molecule has 0 bridgehead atoms. The smallest absolute Gasteiger partial charge is 0.163 e. The second-order valence-electron chi connectivity index (χ2n) is 9.12. The minimum atomic E-state index is 0.180. The van der Waals surface area contributed by atoms with Crippen LogP contribution < -0.4 is 0 Å². The summed E-state index contributed by atoms with van der Waals surface area (Å²) in [6, 6.07) is 7.44. The minimum Gasteiger partial charge on any atom is -0.508 e. The predicted molar refractivity (Wildman–Crippen MR) is 135 cm³/mol. The largest absolute Gasteiger partial charge is 0.508 e. The lowest BCUT2D eigenvalue weighted by Crippen LogP contribution is -2.12. The molecule has 2 unspecified atom stereocenters. The fraction of sp³-hybridized carbons (Fsp3) is 0.194. The second kappa shape index (κ2) is 9.07. The second-order valence-corrected chi connectivity index (χ2v) is 9.12. The lowest BCUT2D eigenvalue weighted by molar-refractivity contribution is -0.115. The molecule has 2 heteroatoms. The lowest BCUT2D eigenvalue weighted by atomic mass is 9.81. The number of phenolic OH excluding ortho intramolecular Hbond substituents is 1. The van der Waals surface area contributed by atoms with E-state index in [2.05, 4.69) is 49.1 Å². The molecule has 0 fully saturated rings. The Kier molecular flexibility index (Phi) is 5.83. The Bertz CT molecular complexity index is 1240. The number of aromatic hydroxyl groups is 1. The highest BCUT2D eigenvalue weighted by Gasteiger charge is 2.23. The van der Waals surface area contributed by atoms with Crippen LogP contribution in [0.25, 0.3) is 0 Å². The van der Waals surface area contributed by atoms with Crippen LogP contribution in [0.2, 0.25) is 0 Å². The Morgan fingerprint density at radius 3 is 2.52 bits per heavy atom. The molecule has 2 atom stereocenters. The third-order valence-electron chi connectivity index (χ3n) is 6.74. The van der Waals surface area contributed by atoms with E-state index in [1.165, 1.54) is 22.3 Å². The summed E-state index contributed by atoms with van der Waals surface area (Å²) in [7, 11) is 0. The van der Waals surface area contributed by atoms with Gasteiger partial charge in [-0.3, -0.25) is 4.79 Å². The van der Waals surface area contributed by atoms with E-state index in [4.69, 9.17) is 0 Å². The molecular formula is C31H28O2.